The van der Waals surface area contributed by atoms with E-state index in [0.717, 1.165) is 6.08 Å². The Morgan fingerprint density at radius 3 is 2.43 bits per heavy atom. The van der Waals surface area contributed by atoms with Crippen LogP contribution in [0.15, 0.2) is 36.1 Å². The van der Waals surface area contributed by atoms with Crippen LogP contribution in [0.3, 0.4) is 0 Å². The van der Waals surface area contributed by atoms with Gasteiger partial charge in [-0.2, -0.15) is 0 Å². The van der Waals surface area contributed by atoms with E-state index >= 15 is 0 Å². The van der Waals surface area contributed by atoms with E-state index in [2.05, 4.69) is 11.3 Å². The zero-order chi connectivity index (χ0) is 11.1. The maximum atomic E-state index is 11.0. The third-order valence-corrected chi connectivity index (χ3v) is 1.30. The van der Waals surface area contributed by atoms with Gasteiger partial charge in [-0.25, -0.2) is 9.59 Å². The SMILES string of the molecule is C=C(C=C(C)C(=O)O)C(=O)OC=CC. The van der Waals surface area contributed by atoms with Gasteiger partial charge < -0.3 is 9.84 Å². The summed E-state index contributed by atoms with van der Waals surface area (Å²) in [5.74, 6) is -1.76. The number of allylic oxidation sites excluding steroid dienone is 1. The predicted molar refractivity (Wildman–Crippen MR) is 51.4 cm³/mol. The minimum Gasteiger partial charge on any atom is -0.478 e. The minimum atomic E-state index is -1.09. The summed E-state index contributed by atoms with van der Waals surface area (Å²) < 4.78 is 4.58. The predicted octanol–water partition coefficient (Wildman–Crippen LogP) is 1.65. The highest BCUT2D eigenvalue weighted by atomic mass is 16.5. The van der Waals surface area contributed by atoms with Gasteiger partial charge in [-0.15, -0.1) is 0 Å². The number of carboxylic acid groups (broad SMARTS) is 1. The van der Waals surface area contributed by atoms with E-state index in [4.69, 9.17) is 5.11 Å². The van der Waals surface area contributed by atoms with Gasteiger partial charge in [-0.05, 0) is 19.9 Å². The van der Waals surface area contributed by atoms with Gasteiger partial charge in [0.05, 0.1) is 11.8 Å². The molecule has 0 saturated carbocycles. The molecule has 0 amide bonds. The van der Waals surface area contributed by atoms with Crippen molar-refractivity contribution in [3.05, 3.63) is 36.1 Å². The van der Waals surface area contributed by atoms with Crippen LogP contribution in [0.5, 0.6) is 0 Å². The fourth-order valence-corrected chi connectivity index (χ4v) is 0.588. The van der Waals surface area contributed by atoms with Gasteiger partial charge in [-0.1, -0.05) is 12.7 Å². The lowest BCUT2D eigenvalue weighted by atomic mass is 10.2. The van der Waals surface area contributed by atoms with Crippen LogP contribution in [0.1, 0.15) is 13.8 Å². The average molecular weight is 196 g/mol. The first kappa shape index (κ1) is 12.2. The van der Waals surface area contributed by atoms with Crippen molar-refractivity contribution in [2.75, 3.05) is 0 Å². The number of carbonyl (C=O) groups excluding carboxylic acids is 1. The maximum absolute atomic E-state index is 11.0. The Morgan fingerprint density at radius 1 is 1.43 bits per heavy atom. The molecule has 0 aromatic carbocycles. The molecule has 14 heavy (non-hydrogen) atoms. The Hall–Kier alpha value is -1.84. The first-order chi connectivity index (χ1) is 6.49. The molecule has 0 saturated heterocycles. The molecule has 0 heterocycles. The molecule has 0 atom stereocenters. The molecule has 0 radical (unpaired) electrons. The second-order valence-electron chi connectivity index (χ2n) is 2.53. The van der Waals surface area contributed by atoms with Crippen LogP contribution < -0.4 is 0 Å². The summed E-state index contributed by atoms with van der Waals surface area (Å²) in [7, 11) is 0. The van der Waals surface area contributed by atoms with Crippen molar-refractivity contribution in [2.45, 2.75) is 13.8 Å². The van der Waals surface area contributed by atoms with E-state index in [1.165, 1.54) is 13.2 Å². The Kier molecular flexibility index (Phi) is 4.99. The molecule has 0 bridgehead atoms. The highest BCUT2D eigenvalue weighted by Crippen LogP contribution is 2.03. The van der Waals surface area contributed by atoms with Crippen LogP contribution >= 0.6 is 0 Å². The summed E-state index contributed by atoms with van der Waals surface area (Å²) >= 11 is 0. The fraction of sp³-hybridized carbons (Fsp3) is 0.200. The van der Waals surface area contributed by atoms with Crippen molar-refractivity contribution < 1.29 is 19.4 Å². The quantitative estimate of drug-likeness (QED) is 0.321. The van der Waals surface area contributed by atoms with Crippen molar-refractivity contribution in [2.24, 2.45) is 0 Å². The zero-order valence-corrected chi connectivity index (χ0v) is 8.11. The summed E-state index contributed by atoms with van der Waals surface area (Å²) in [6, 6.07) is 0. The lowest BCUT2D eigenvalue weighted by Gasteiger charge is -1.98. The van der Waals surface area contributed by atoms with Gasteiger partial charge >= 0.3 is 11.9 Å². The number of esters is 1. The third kappa shape index (κ3) is 4.25. The van der Waals surface area contributed by atoms with Crippen molar-refractivity contribution >= 4 is 11.9 Å². The lowest BCUT2D eigenvalue weighted by Crippen LogP contribution is -2.03. The Balaban J connectivity index is 4.42. The van der Waals surface area contributed by atoms with E-state index in [1.807, 2.05) is 0 Å². The van der Waals surface area contributed by atoms with Crippen molar-refractivity contribution in [1.29, 1.82) is 0 Å². The van der Waals surface area contributed by atoms with Gasteiger partial charge in [-0.3, -0.25) is 0 Å². The number of ether oxygens (including phenoxy) is 1. The van der Waals surface area contributed by atoms with E-state index < -0.39 is 11.9 Å². The van der Waals surface area contributed by atoms with E-state index in [0.29, 0.717) is 0 Å². The minimum absolute atomic E-state index is 0.00278. The Morgan fingerprint density at radius 2 is 2.00 bits per heavy atom. The smallest absolute Gasteiger partial charge is 0.342 e. The summed E-state index contributed by atoms with van der Waals surface area (Å²) in [5.41, 5.74) is 0.0374. The molecule has 76 valence electrons. The van der Waals surface area contributed by atoms with Gasteiger partial charge in [0.25, 0.3) is 0 Å². The molecule has 0 aromatic rings. The zero-order valence-electron chi connectivity index (χ0n) is 8.11. The molecule has 0 spiro atoms. The van der Waals surface area contributed by atoms with Crippen LogP contribution in [0.4, 0.5) is 0 Å². The van der Waals surface area contributed by atoms with Gasteiger partial charge in [0.15, 0.2) is 0 Å². The first-order valence-corrected chi connectivity index (χ1v) is 3.91. The third-order valence-electron chi connectivity index (χ3n) is 1.30. The molecule has 1 N–H and O–H groups in total. The first-order valence-electron chi connectivity index (χ1n) is 3.91. The molecule has 0 unspecified atom stereocenters. The monoisotopic (exact) mass is 196 g/mol. The topological polar surface area (TPSA) is 63.6 Å². The summed E-state index contributed by atoms with van der Waals surface area (Å²) in [4.78, 5) is 21.4. The molecule has 0 aliphatic rings. The van der Waals surface area contributed by atoms with Crippen molar-refractivity contribution in [3.8, 4) is 0 Å². The van der Waals surface area contributed by atoms with Crippen LogP contribution in [-0.4, -0.2) is 17.0 Å². The number of hydrogen-bond donors (Lipinski definition) is 1. The van der Waals surface area contributed by atoms with Gasteiger partial charge in [0.2, 0.25) is 0 Å². The molecular formula is C10H12O4. The Labute approximate surface area is 82.2 Å². The maximum Gasteiger partial charge on any atom is 0.342 e. The molecule has 4 nitrogen and oxygen atoms in total. The van der Waals surface area contributed by atoms with E-state index in [-0.39, 0.29) is 11.1 Å². The van der Waals surface area contributed by atoms with E-state index in [9.17, 15) is 9.59 Å². The largest absolute Gasteiger partial charge is 0.478 e. The molecule has 0 aromatic heterocycles. The van der Waals surface area contributed by atoms with Crippen molar-refractivity contribution in [1.82, 2.24) is 0 Å². The number of rotatable bonds is 4. The van der Waals surface area contributed by atoms with Gasteiger partial charge in [0, 0.05) is 5.57 Å². The van der Waals surface area contributed by atoms with Crippen LogP contribution in [0, 0.1) is 0 Å². The lowest BCUT2D eigenvalue weighted by molar-refractivity contribution is -0.133. The number of aliphatic carboxylic acids is 1. The summed E-state index contributed by atoms with van der Waals surface area (Å²) in [6.07, 6.45) is 3.91. The number of carbonyl (C=O) groups is 2. The molecule has 4 heteroatoms. The molecule has 0 aliphatic heterocycles. The Bertz CT molecular complexity index is 310. The average Bonchev–Trinajstić information content (AvgIpc) is 2.13. The van der Waals surface area contributed by atoms with Crippen molar-refractivity contribution in [3.63, 3.8) is 0 Å². The fourth-order valence-electron chi connectivity index (χ4n) is 0.588. The summed E-state index contributed by atoms with van der Waals surface area (Å²) in [5, 5.41) is 8.51. The second-order valence-corrected chi connectivity index (χ2v) is 2.53. The highest BCUT2D eigenvalue weighted by Gasteiger charge is 2.07. The highest BCUT2D eigenvalue weighted by molar-refractivity contribution is 5.95. The van der Waals surface area contributed by atoms with Crippen LogP contribution in [0.25, 0.3) is 0 Å². The molecule has 0 fully saturated rings. The number of carboxylic acids is 1. The second kappa shape index (κ2) is 5.75. The summed E-state index contributed by atoms with van der Waals surface area (Å²) in [6.45, 7) is 6.44. The van der Waals surface area contributed by atoms with Gasteiger partial charge in [0.1, 0.15) is 0 Å². The van der Waals surface area contributed by atoms with Crippen LogP contribution in [-0.2, 0) is 14.3 Å². The molecule has 0 aliphatic carbocycles. The van der Waals surface area contributed by atoms with Crippen LogP contribution in [0.2, 0.25) is 0 Å². The normalized spacial score (nSPS) is 11.4. The standard InChI is InChI=1S/C10H12O4/c1-4-5-14-10(13)8(3)6-7(2)9(11)12/h4-6H,3H2,1-2H3,(H,11,12). The molecule has 0 rings (SSSR count). The number of hydrogen-bond acceptors (Lipinski definition) is 3. The molecular weight excluding hydrogens is 184 g/mol. The van der Waals surface area contributed by atoms with E-state index in [1.54, 1.807) is 13.0 Å².